The quantitative estimate of drug-likeness (QED) is 0.126. The lowest BCUT2D eigenvalue weighted by Gasteiger charge is -2.33. The lowest BCUT2D eigenvalue weighted by molar-refractivity contribution is -0.127. The Balaban J connectivity index is 0.000000536. The largest absolute Gasteiger partial charge is 0.356 e. The Labute approximate surface area is 336 Å². The molecule has 3 amide bonds. The second-order valence-electron chi connectivity index (χ2n) is 14.1. The van der Waals surface area contributed by atoms with E-state index in [1.165, 1.54) is 12.8 Å². The van der Waals surface area contributed by atoms with Gasteiger partial charge >= 0.3 is 0 Å². The van der Waals surface area contributed by atoms with E-state index in [0.29, 0.717) is 45.9 Å². The van der Waals surface area contributed by atoms with Gasteiger partial charge in [-0.3, -0.25) is 14.4 Å². The van der Waals surface area contributed by atoms with E-state index in [9.17, 15) is 14.4 Å². The van der Waals surface area contributed by atoms with E-state index in [1.54, 1.807) is 13.1 Å². The van der Waals surface area contributed by atoms with Gasteiger partial charge in [-0.05, 0) is 74.6 Å². The minimum absolute atomic E-state index is 0.125. The Morgan fingerprint density at radius 1 is 0.893 bits per heavy atom. The third-order valence-corrected chi connectivity index (χ3v) is 11.0. The van der Waals surface area contributed by atoms with Crippen LogP contribution in [0.1, 0.15) is 61.6 Å². The molecule has 0 radical (unpaired) electrons. The number of aromatic nitrogens is 4. The van der Waals surface area contributed by atoms with Crippen molar-refractivity contribution in [2.45, 2.75) is 51.6 Å². The standard InChI is InChI=1S/C37H33Cl2N7O2.C6H11NO/c1-23(24-9-11-26(38)12-10-24)46-21-41-33(25-6-3-2-4-7-25)35(46)32-29-14-13-27(39)20-31(29)43-34(32)37(48)44-30-8-5-17-40-36(30)45-18-15-28(16-19-45)42-22-47;1-6(8)7-4-2-3-5-7/h2-14,17,20-23,28,43H,15-16,18-19H2,1H3,(H,42,47)(H,44,48);2-5H2,1H3. The summed E-state index contributed by atoms with van der Waals surface area (Å²) in [5, 5.41) is 8.09. The molecule has 2 saturated heterocycles. The number of piperidine rings is 1. The first-order valence-corrected chi connectivity index (χ1v) is 19.6. The summed E-state index contributed by atoms with van der Waals surface area (Å²) >= 11 is 12.7. The van der Waals surface area contributed by atoms with Gasteiger partial charge in [-0.15, -0.1) is 0 Å². The highest BCUT2D eigenvalue weighted by Gasteiger charge is 2.29. The number of H-pyrrole nitrogens is 1. The summed E-state index contributed by atoms with van der Waals surface area (Å²) in [5.41, 5.74) is 5.90. The Kier molecular flexibility index (Phi) is 12.0. The van der Waals surface area contributed by atoms with Gasteiger partial charge in [0.05, 0.1) is 29.4 Å². The molecule has 3 N–H and O–H groups in total. The second kappa shape index (κ2) is 17.4. The number of pyridine rings is 1. The van der Waals surface area contributed by atoms with Gasteiger partial charge in [-0.25, -0.2) is 9.97 Å². The second-order valence-corrected chi connectivity index (χ2v) is 15.0. The number of carbonyl (C=O) groups excluding carboxylic acids is 3. The van der Waals surface area contributed by atoms with Gasteiger partial charge < -0.3 is 30.0 Å². The molecule has 0 bridgehead atoms. The van der Waals surface area contributed by atoms with Crippen LogP contribution in [0, 0.1) is 0 Å². The van der Waals surface area contributed by atoms with Crippen LogP contribution in [0.3, 0.4) is 0 Å². The average molecular weight is 792 g/mol. The summed E-state index contributed by atoms with van der Waals surface area (Å²) in [6, 6.07) is 27.0. The molecule has 5 heterocycles. The van der Waals surface area contributed by atoms with Crippen molar-refractivity contribution in [1.82, 2.24) is 29.7 Å². The number of hydrogen-bond donors (Lipinski definition) is 3. The number of aromatic amines is 1. The van der Waals surface area contributed by atoms with E-state index in [0.717, 1.165) is 65.8 Å². The first-order chi connectivity index (χ1) is 27.2. The van der Waals surface area contributed by atoms with Crippen LogP contribution >= 0.6 is 23.2 Å². The van der Waals surface area contributed by atoms with E-state index in [2.05, 4.69) is 37.0 Å². The smallest absolute Gasteiger partial charge is 0.272 e. The van der Waals surface area contributed by atoms with Crippen LogP contribution in [0.4, 0.5) is 11.5 Å². The van der Waals surface area contributed by atoms with Crippen LogP contribution in [-0.4, -0.2) is 74.9 Å². The SMILES string of the molecule is CC(=O)N1CCCC1.CC(c1ccc(Cl)cc1)n1cnc(-c2ccccc2)c1-c1c(C(=O)Nc2cccnc2N2CCC(NC=O)CC2)[nH]c2cc(Cl)ccc12. The minimum Gasteiger partial charge on any atom is -0.356 e. The van der Waals surface area contributed by atoms with E-state index in [4.69, 9.17) is 28.2 Å². The van der Waals surface area contributed by atoms with Crippen LogP contribution in [0.2, 0.25) is 10.0 Å². The number of carbonyl (C=O) groups is 3. The molecule has 3 aromatic heterocycles. The highest BCUT2D eigenvalue weighted by atomic mass is 35.5. The number of nitrogens with zero attached hydrogens (tertiary/aromatic N) is 5. The van der Waals surface area contributed by atoms with Gasteiger partial charge in [0.25, 0.3) is 5.91 Å². The summed E-state index contributed by atoms with van der Waals surface area (Å²) in [6.07, 6.45) is 8.26. The van der Waals surface area contributed by atoms with Crippen molar-refractivity contribution >= 4 is 63.8 Å². The summed E-state index contributed by atoms with van der Waals surface area (Å²) in [4.78, 5) is 53.0. The van der Waals surface area contributed by atoms with E-state index >= 15 is 0 Å². The molecule has 56 heavy (non-hydrogen) atoms. The van der Waals surface area contributed by atoms with Crippen molar-refractivity contribution in [3.63, 3.8) is 0 Å². The molecule has 0 spiro atoms. The first kappa shape index (κ1) is 38.6. The Morgan fingerprint density at radius 2 is 1.61 bits per heavy atom. The maximum Gasteiger partial charge on any atom is 0.272 e. The topological polar surface area (TPSA) is 128 Å². The molecule has 6 aromatic rings. The van der Waals surface area contributed by atoms with Gasteiger partial charge in [0.1, 0.15) is 5.69 Å². The lowest BCUT2D eigenvalue weighted by atomic mass is 9.99. The molecule has 11 nitrogen and oxygen atoms in total. The molecular formula is C43H44Cl2N8O3. The molecule has 0 aliphatic carbocycles. The number of likely N-dealkylation sites (tertiary alicyclic amines) is 1. The highest BCUT2D eigenvalue weighted by Crippen LogP contribution is 2.42. The van der Waals surface area contributed by atoms with Gasteiger partial charge in [0.15, 0.2) is 5.82 Å². The van der Waals surface area contributed by atoms with Crippen LogP contribution in [0.5, 0.6) is 0 Å². The van der Waals surface area contributed by atoms with Crippen molar-refractivity contribution in [2.24, 2.45) is 0 Å². The molecule has 0 saturated carbocycles. The van der Waals surface area contributed by atoms with Crippen molar-refractivity contribution < 1.29 is 14.4 Å². The number of nitrogens with one attached hydrogen (secondary N) is 3. The third kappa shape index (κ3) is 8.44. The third-order valence-electron chi connectivity index (χ3n) is 10.5. The van der Waals surface area contributed by atoms with Crippen molar-refractivity contribution in [3.8, 4) is 22.5 Å². The predicted octanol–water partition coefficient (Wildman–Crippen LogP) is 8.61. The highest BCUT2D eigenvalue weighted by molar-refractivity contribution is 6.31. The lowest BCUT2D eigenvalue weighted by Crippen LogP contribution is -2.42. The number of rotatable bonds is 9. The van der Waals surface area contributed by atoms with Crippen LogP contribution in [-0.2, 0) is 9.59 Å². The van der Waals surface area contributed by atoms with Crippen molar-refractivity contribution in [3.05, 3.63) is 119 Å². The molecule has 3 aromatic carbocycles. The summed E-state index contributed by atoms with van der Waals surface area (Å²) in [6.45, 7) is 7.09. The van der Waals surface area contributed by atoms with Gasteiger partial charge in [0.2, 0.25) is 12.3 Å². The number of anilines is 2. The summed E-state index contributed by atoms with van der Waals surface area (Å²) < 4.78 is 2.10. The van der Waals surface area contributed by atoms with E-state index in [1.807, 2.05) is 96.2 Å². The van der Waals surface area contributed by atoms with Crippen LogP contribution in [0.25, 0.3) is 33.4 Å². The zero-order chi connectivity index (χ0) is 39.2. The molecule has 1 atom stereocenters. The number of benzene rings is 3. The normalized spacial score (nSPS) is 14.9. The maximum absolute atomic E-state index is 14.5. The number of fused-ring (bicyclic) bond motifs is 1. The first-order valence-electron chi connectivity index (χ1n) is 18.9. The number of amides is 3. The summed E-state index contributed by atoms with van der Waals surface area (Å²) in [7, 11) is 0. The fourth-order valence-corrected chi connectivity index (χ4v) is 7.81. The van der Waals surface area contributed by atoms with Crippen molar-refractivity contribution in [1.29, 1.82) is 0 Å². The summed E-state index contributed by atoms with van der Waals surface area (Å²) in [5.74, 6) is 0.583. The molecule has 2 aliphatic heterocycles. The fraction of sp³-hybridized carbons (Fsp3) is 0.279. The Bertz CT molecular complexity index is 2310. The zero-order valence-corrected chi connectivity index (χ0v) is 32.9. The number of imidazole rings is 1. The fourth-order valence-electron chi connectivity index (χ4n) is 7.51. The monoisotopic (exact) mass is 790 g/mol. The molecule has 2 fully saturated rings. The number of hydrogen-bond acceptors (Lipinski definition) is 6. The Hall–Kier alpha value is -5.65. The molecule has 13 heteroatoms. The van der Waals surface area contributed by atoms with Gasteiger partial charge in [-0.2, -0.15) is 0 Å². The van der Waals surface area contributed by atoms with Gasteiger partial charge in [-0.1, -0.05) is 71.7 Å². The molecular weight excluding hydrogens is 747 g/mol. The van der Waals surface area contributed by atoms with Gasteiger partial charge in [0, 0.05) is 77.4 Å². The predicted molar refractivity (Wildman–Crippen MR) is 223 cm³/mol. The van der Waals surface area contributed by atoms with Crippen molar-refractivity contribution in [2.75, 3.05) is 36.4 Å². The van der Waals surface area contributed by atoms with E-state index in [-0.39, 0.29) is 23.9 Å². The molecule has 1 unspecified atom stereocenters. The zero-order valence-electron chi connectivity index (χ0n) is 31.3. The molecule has 2 aliphatic rings. The Morgan fingerprint density at radius 3 is 2.29 bits per heavy atom. The number of halogens is 2. The minimum atomic E-state index is -0.324. The van der Waals surface area contributed by atoms with E-state index < -0.39 is 0 Å². The average Bonchev–Trinajstić information content (AvgIpc) is 3.99. The molecule has 8 rings (SSSR count). The maximum atomic E-state index is 14.5. The van der Waals surface area contributed by atoms with Crippen LogP contribution < -0.4 is 15.5 Å². The molecule has 288 valence electrons. The van der Waals surface area contributed by atoms with Crippen LogP contribution in [0.15, 0.2) is 97.5 Å².